The summed E-state index contributed by atoms with van der Waals surface area (Å²) in [5.74, 6) is 0.263. The maximum absolute atomic E-state index is 12.2. The van der Waals surface area contributed by atoms with E-state index in [4.69, 9.17) is 0 Å². The molecule has 0 bridgehead atoms. The lowest BCUT2D eigenvalue weighted by atomic mass is 9.97. The molecule has 0 unspecified atom stereocenters. The summed E-state index contributed by atoms with van der Waals surface area (Å²) in [5, 5.41) is 13.8. The zero-order valence-corrected chi connectivity index (χ0v) is 12.5. The van der Waals surface area contributed by atoms with Crippen molar-refractivity contribution in [2.45, 2.75) is 19.8 Å². The van der Waals surface area contributed by atoms with Crippen molar-refractivity contribution in [1.82, 2.24) is 10.2 Å². The monoisotopic (exact) mass is 291 g/mol. The number of benzene rings is 1. The smallest absolute Gasteiger partial charge is 0.273 e. The summed E-state index contributed by atoms with van der Waals surface area (Å²) in [5.41, 5.74) is 0.794. The number of nitrogens with zero attached hydrogens (tertiary/aromatic N) is 2. The molecule has 1 amide bonds. The molecule has 0 spiro atoms. The molecule has 1 saturated heterocycles. The number of nitrogens with one attached hydrogen (secondary N) is 1. The van der Waals surface area contributed by atoms with E-state index in [0.29, 0.717) is 23.6 Å². The lowest BCUT2D eigenvalue weighted by molar-refractivity contribution is -0.385. The molecule has 0 saturated carbocycles. The summed E-state index contributed by atoms with van der Waals surface area (Å²) >= 11 is 0. The molecule has 2 rings (SSSR count). The van der Waals surface area contributed by atoms with Gasteiger partial charge in [-0.15, -0.1) is 0 Å². The van der Waals surface area contributed by atoms with E-state index in [2.05, 4.69) is 17.3 Å². The van der Waals surface area contributed by atoms with Crippen LogP contribution in [0.3, 0.4) is 0 Å². The Morgan fingerprint density at radius 1 is 1.43 bits per heavy atom. The SMILES string of the molecule is Cc1c(C(=O)NCC2CCN(C)CC2)cccc1[N+](=O)[O-]. The molecule has 0 aromatic heterocycles. The number of nitro groups is 1. The number of hydrogen-bond acceptors (Lipinski definition) is 4. The second kappa shape index (κ2) is 6.67. The molecule has 1 aromatic rings. The van der Waals surface area contributed by atoms with Crippen LogP contribution in [-0.4, -0.2) is 42.4 Å². The van der Waals surface area contributed by atoms with E-state index in [1.807, 2.05) is 0 Å². The Morgan fingerprint density at radius 2 is 2.10 bits per heavy atom. The molecule has 114 valence electrons. The Morgan fingerprint density at radius 3 is 2.71 bits per heavy atom. The van der Waals surface area contributed by atoms with E-state index in [0.717, 1.165) is 25.9 Å². The molecule has 1 fully saturated rings. The summed E-state index contributed by atoms with van der Waals surface area (Å²) in [6.45, 7) is 4.35. The van der Waals surface area contributed by atoms with Gasteiger partial charge in [-0.1, -0.05) is 6.07 Å². The highest BCUT2D eigenvalue weighted by Gasteiger charge is 2.20. The quantitative estimate of drug-likeness (QED) is 0.680. The number of nitro benzene ring substituents is 1. The summed E-state index contributed by atoms with van der Waals surface area (Å²) in [7, 11) is 2.10. The van der Waals surface area contributed by atoms with E-state index < -0.39 is 4.92 Å². The molecule has 21 heavy (non-hydrogen) atoms. The molecule has 1 heterocycles. The zero-order valence-electron chi connectivity index (χ0n) is 12.5. The number of carbonyl (C=O) groups excluding carboxylic acids is 1. The Hall–Kier alpha value is -1.95. The largest absolute Gasteiger partial charge is 0.352 e. The van der Waals surface area contributed by atoms with Gasteiger partial charge < -0.3 is 10.2 Å². The zero-order chi connectivity index (χ0) is 15.4. The average molecular weight is 291 g/mol. The van der Waals surface area contributed by atoms with Crippen LogP contribution in [0.4, 0.5) is 5.69 Å². The number of rotatable bonds is 4. The maximum atomic E-state index is 12.2. The minimum atomic E-state index is -0.455. The minimum absolute atomic E-state index is 0.0121. The molecular formula is C15H21N3O3. The molecule has 1 aliphatic rings. The first-order chi connectivity index (χ1) is 9.99. The van der Waals surface area contributed by atoms with Crippen LogP contribution in [0.25, 0.3) is 0 Å². The van der Waals surface area contributed by atoms with Crippen LogP contribution in [0.15, 0.2) is 18.2 Å². The molecule has 1 aliphatic heterocycles. The van der Waals surface area contributed by atoms with Gasteiger partial charge in [-0.25, -0.2) is 0 Å². The Bertz CT molecular complexity index is 537. The molecule has 1 aromatic carbocycles. The number of amides is 1. The fourth-order valence-electron chi connectivity index (χ4n) is 2.67. The van der Waals surface area contributed by atoms with Crippen molar-refractivity contribution in [2.24, 2.45) is 5.92 Å². The maximum Gasteiger partial charge on any atom is 0.273 e. The highest BCUT2D eigenvalue weighted by Crippen LogP contribution is 2.21. The van der Waals surface area contributed by atoms with Gasteiger partial charge in [-0.2, -0.15) is 0 Å². The van der Waals surface area contributed by atoms with Gasteiger partial charge >= 0.3 is 0 Å². The first-order valence-electron chi connectivity index (χ1n) is 7.19. The van der Waals surface area contributed by atoms with Crippen LogP contribution >= 0.6 is 0 Å². The van der Waals surface area contributed by atoms with Crippen molar-refractivity contribution in [2.75, 3.05) is 26.7 Å². The number of carbonyl (C=O) groups is 1. The first kappa shape index (κ1) is 15.4. The van der Waals surface area contributed by atoms with Crippen molar-refractivity contribution in [3.05, 3.63) is 39.4 Å². The van der Waals surface area contributed by atoms with Gasteiger partial charge in [0.1, 0.15) is 0 Å². The van der Waals surface area contributed by atoms with Crippen LogP contribution in [0.5, 0.6) is 0 Å². The third kappa shape index (κ3) is 3.78. The third-order valence-corrected chi connectivity index (χ3v) is 4.14. The van der Waals surface area contributed by atoms with Crippen molar-refractivity contribution < 1.29 is 9.72 Å². The van der Waals surface area contributed by atoms with Crippen LogP contribution < -0.4 is 5.32 Å². The van der Waals surface area contributed by atoms with Crippen molar-refractivity contribution >= 4 is 11.6 Å². The molecule has 0 aliphatic carbocycles. The fraction of sp³-hybridized carbons (Fsp3) is 0.533. The van der Waals surface area contributed by atoms with Crippen LogP contribution in [0.2, 0.25) is 0 Å². The lowest BCUT2D eigenvalue weighted by Crippen LogP contribution is -2.37. The van der Waals surface area contributed by atoms with Gasteiger partial charge in [0.05, 0.1) is 4.92 Å². The molecular weight excluding hydrogens is 270 g/mol. The van der Waals surface area contributed by atoms with Crippen molar-refractivity contribution in [3.8, 4) is 0 Å². The van der Waals surface area contributed by atoms with E-state index in [-0.39, 0.29) is 11.6 Å². The molecule has 0 radical (unpaired) electrons. The number of likely N-dealkylation sites (tertiary alicyclic amines) is 1. The van der Waals surface area contributed by atoms with E-state index >= 15 is 0 Å². The predicted molar refractivity (Wildman–Crippen MR) is 80.4 cm³/mol. The highest BCUT2D eigenvalue weighted by molar-refractivity contribution is 5.96. The number of piperidine rings is 1. The minimum Gasteiger partial charge on any atom is -0.352 e. The highest BCUT2D eigenvalue weighted by atomic mass is 16.6. The van der Waals surface area contributed by atoms with Crippen molar-refractivity contribution in [1.29, 1.82) is 0 Å². The summed E-state index contributed by atoms with van der Waals surface area (Å²) in [6.07, 6.45) is 2.15. The molecule has 0 atom stereocenters. The topological polar surface area (TPSA) is 75.5 Å². The molecule has 6 nitrogen and oxygen atoms in total. The van der Waals surface area contributed by atoms with Gasteiger partial charge in [-0.05, 0) is 51.9 Å². The normalized spacial score (nSPS) is 16.7. The Kier molecular flexibility index (Phi) is 4.90. The fourth-order valence-corrected chi connectivity index (χ4v) is 2.67. The van der Waals surface area contributed by atoms with Crippen LogP contribution in [-0.2, 0) is 0 Å². The standard InChI is InChI=1S/C15H21N3O3/c1-11-13(4-3-5-14(11)18(20)21)15(19)16-10-12-6-8-17(2)9-7-12/h3-5,12H,6-10H2,1-2H3,(H,16,19). The van der Waals surface area contributed by atoms with Gasteiger partial charge in [0.25, 0.3) is 11.6 Å². The summed E-state index contributed by atoms with van der Waals surface area (Å²) in [4.78, 5) is 24.9. The van der Waals surface area contributed by atoms with Gasteiger partial charge in [-0.3, -0.25) is 14.9 Å². The number of hydrogen-bond donors (Lipinski definition) is 1. The van der Waals surface area contributed by atoms with E-state index in [9.17, 15) is 14.9 Å². The lowest BCUT2D eigenvalue weighted by Gasteiger charge is -2.28. The van der Waals surface area contributed by atoms with E-state index in [1.165, 1.54) is 6.07 Å². The first-order valence-corrected chi connectivity index (χ1v) is 7.19. The van der Waals surface area contributed by atoms with Crippen LogP contribution in [0, 0.1) is 23.0 Å². The van der Waals surface area contributed by atoms with Crippen LogP contribution in [0.1, 0.15) is 28.8 Å². The predicted octanol–water partition coefficient (Wildman–Crippen LogP) is 1.97. The van der Waals surface area contributed by atoms with Gasteiger partial charge in [0.15, 0.2) is 0 Å². The second-order valence-corrected chi connectivity index (χ2v) is 5.66. The van der Waals surface area contributed by atoms with Gasteiger partial charge in [0.2, 0.25) is 0 Å². The summed E-state index contributed by atoms with van der Waals surface area (Å²) < 4.78 is 0. The van der Waals surface area contributed by atoms with Crippen molar-refractivity contribution in [3.63, 3.8) is 0 Å². The van der Waals surface area contributed by atoms with Gasteiger partial charge in [0, 0.05) is 23.7 Å². The molecule has 1 N–H and O–H groups in total. The second-order valence-electron chi connectivity index (χ2n) is 5.66. The third-order valence-electron chi connectivity index (χ3n) is 4.14. The van der Waals surface area contributed by atoms with E-state index in [1.54, 1.807) is 19.1 Å². The Balaban J connectivity index is 1.97. The molecule has 6 heteroatoms. The Labute approximate surface area is 124 Å². The summed E-state index contributed by atoms with van der Waals surface area (Å²) in [6, 6.07) is 4.60. The average Bonchev–Trinajstić information content (AvgIpc) is 2.46.